The largest absolute Gasteiger partial charge is 0.299 e. The topological polar surface area (TPSA) is 23.6 Å². The molecule has 0 spiro atoms. The summed E-state index contributed by atoms with van der Waals surface area (Å²) < 4.78 is 11.3. The Bertz CT molecular complexity index is 247. The van der Waals surface area contributed by atoms with E-state index in [0.717, 1.165) is 19.1 Å². The number of piperazine rings is 1. The molecule has 2 aliphatic rings. The summed E-state index contributed by atoms with van der Waals surface area (Å²) in [6.07, 6.45) is 4.55. The highest BCUT2D eigenvalue weighted by molar-refractivity contribution is 7.84. The van der Waals surface area contributed by atoms with Crippen molar-refractivity contribution in [2.45, 2.75) is 31.1 Å². The van der Waals surface area contributed by atoms with Crippen LogP contribution in [-0.2, 0) is 10.8 Å². The third kappa shape index (κ3) is 2.80. The van der Waals surface area contributed by atoms with Crippen LogP contribution < -0.4 is 0 Å². The van der Waals surface area contributed by atoms with Gasteiger partial charge in [0.25, 0.3) is 0 Å². The molecule has 2 heterocycles. The molecule has 0 aliphatic carbocycles. The summed E-state index contributed by atoms with van der Waals surface area (Å²) in [7, 11) is -0.674. The molecule has 4 heteroatoms. The zero-order valence-electron chi connectivity index (χ0n) is 9.82. The van der Waals surface area contributed by atoms with Gasteiger partial charge < -0.3 is 0 Å². The van der Waals surface area contributed by atoms with Crippen LogP contribution in [0.4, 0.5) is 0 Å². The van der Waals surface area contributed by atoms with E-state index < -0.39 is 10.8 Å². The molecular formula is C11H22N2OS. The van der Waals surface area contributed by atoms with Crippen molar-refractivity contribution in [3.8, 4) is 0 Å². The zero-order valence-corrected chi connectivity index (χ0v) is 10.6. The fraction of sp³-hybridized carbons (Fsp3) is 1.00. The molecule has 2 aliphatic heterocycles. The van der Waals surface area contributed by atoms with Crippen LogP contribution in [0.15, 0.2) is 0 Å². The Balaban J connectivity index is 1.82. The maximum Gasteiger partial charge on any atom is 0.0444 e. The van der Waals surface area contributed by atoms with E-state index in [0.29, 0.717) is 5.25 Å². The molecular weight excluding hydrogens is 208 g/mol. The summed E-state index contributed by atoms with van der Waals surface area (Å²) in [5.41, 5.74) is 0. The van der Waals surface area contributed by atoms with E-state index in [1.165, 1.54) is 32.5 Å². The van der Waals surface area contributed by atoms with Crippen molar-refractivity contribution in [2.24, 2.45) is 0 Å². The number of hydrogen-bond donors (Lipinski definition) is 0. The van der Waals surface area contributed by atoms with Gasteiger partial charge in [-0.15, -0.1) is 0 Å². The Hall–Kier alpha value is 0.0700. The Morgan fingerprint density at radius 3 is 2.93 bits per heavy atom. The molecule has 0 aromatic rings. The fourth-order valence-corrected chi connectivity index (χ4v) is 3.11. The van der Waals surface area contributed by atoms with Gasteiger partial charge in [0.1, 0.15) is 0 Å². The molecule has 3 nitrogen and oxygen atoms in total. The predicted octanol–water partition coefficient (Wildman–Crippen LogP) is 0.533. The molecule has 0 bridgehead atoms. The van der Waals surface area contributed by atoms with Crippen LogP contribution in [0.5, 0.6) is 0 Å². The smallest absolute Gasteiger partial charge is 0.0444 e. The summed E-state index contributed by atoms with van der Waals surface area (Å²) in [6.45, 7) is 7.98. The van der Waals surface area contributed by atoms with E-state index in [4.69, 9.17) is 0 Å². The van der Waals surface area contributed by atoms with Gasteiger partial charge in [-0.2, -0.15) is 0 Å². The molecule has 2 saturated heterocycles. The molecule has 0 aromatic carbocycles. The van der Waals surface area contributed by atoms with Gasteiger partial charge in [-0.3, -0.25) is 14.0 Å². The lowest BCUT2D eigenvalue weighted by Crippen LogP contribution is -2.51. The van der Waals surface area contributed by atoms with Gasteiger partial charge in [0.2, 0.25) is 0 Å². The molecule has 0 saturated carbocycles. The van der Waals surface area contributed by atoms with E-state index >= 15 is 0 Å². The highest BCUT2D eigenvalue weighted by atomic mass is 32.2. The Morgan fingerprint density at radius 2 is 2.20 bits per heavy atom. The average molecular weight is 230 g/mol. The van der Waals surface area contributed by atoms with Crippen molar-refractivity contribution in [1.29, 1.82) is 0 Å². The number of fused-ring (bicyclic) bond motifs is 1. The molecule has 3 unspecified atom stereocenters. The van der Waals surface area contributed by atoms with Crippen molar-refractivity contribution in [3.05, 3.63) is 0 Å². The standard InChI is InChI=1S/C11H22N2OS/c1-10(15(2)14)8-12-6-7-13-5-3-4-11(13)9-12/h10-11H,3-9H2,1-2H3. The molecule has 0 N–H and O–H groups in total. The van der Waals surface area contributed by atoms with Crippen LogP contribution in [0.1, 0.15) is 19.8 Å². The van der Waals surface area contributed by atoms with Crippen molar-refractivity contribution >= 4 is 10.8 Å². The second kappa shape index (κ2) is 4.93. The lowest BCUT2D eigenvalue weighted by atomic mass is 10.1. The summed E-state index contributed by atoms with van der Waals surface area (Å²) >= 11 is 0. The van der Waals surface area contributed by atoms with Gasteiger partial charge in [-0.1, -0.05) is 0 Å². The number of hydrogen-bond acceptors (Lipinski definition) is 3. The van der Waals surface area contributed by atoms with Crippen LogP contribution in [0.25, 0.3) is 0 Å². The van der Waals surface area contributed by atoms with Crippen molar-refractivity contribution in [2.75, 3.05) is 39.0 Å². The number of nitrogens with zero attached hydrogens (tertiary/aromatic N) is 2. The molecule has 0 radical (unpaired) electrons. The van der Waals surface area contributed by atoms with E-state index in [1.807, 2.05) is 6.26 Å². The van der Waals surface area contributed by atoms with E-state index in [1.54, 1.807) is 0 Å². The second-order valence-corrected chi connectivity index (χ2v) is 6.70. The van der Waals surface area contributed by atoms with Crippen LogP contribution in [0.2, 0.25) is 0 Å². The first kappa shape index (κ1) is 11.6. The van der Waals surface area contributed by atoms with Gasteiger partial charge in [0.05, 0.1) is 0 Å². The quantitative estimate of drug-likeness (QED) is 0.707. The second-order valence-electron chi connectivity index (χ2n) is 4.90. The van der Waals surface area contributed by atoms with Crippen LogP contribution in [0, 0.1) is 0 Å². The first-order valence-electron chi connectivity index (χ1n) is 5.95. The maximum absolute atomic E-state index is 11.3. The molecule has 15 heavy (non-hydrogen) atoms. The van der Waals surface area contributed by atoms with Crippen molar-refractivity contribution in [1.82, 2.24) is 9.80 Å². The molecule has 0 amide bonds. The average Bonchev–Trinajstić information content (AvgIpc) is 2.64. The maximum atomic E-state index is 11.3. The van der Waals surface area contributed by atoms with Gasteiger partial charge in [-0.05, 0) is 26.3 Å². The molecule has 88 valence electrons. The van der Waals surface area contributed by atoms with Crippen LogP contribution >= 0.6 is 0 Å². The SMILES string of the molecule is CC(CN1CCN2CCCC2C1)S(C)=O. The lowest BCUT2D eigenvalue weighted by molar-refractivity contribution is 0.105. The molecule has 2 fully saturated rings. The molecule has 2 rings (SSSR count). The van der Waals surface area contributed by atoms with Crippen molar-refractivity contribution < 1.29 is 4.21 Å². The summed E-state index contributed by atoms with van der Waals surface area (Å²) in [5, 5.41) is 0.318. The first-order valence-corrected chi connectivity index (χ1v) is 7.57. The van der Waals surface area contributed by atoms with Crippen LogP contribution in [-0.4, -0.2) is 64.3 Å². The van der Waals surface area contributed by atoms with E-state index in [-0.39, 0.29) is 0 Å². The highest BCUT2D eigenvalue weighted by Crippen LogP contribution is 2.21. The lowest BCUT2D eigenvalue weighted by Gasteiger charge is -2.38. The van der Waals surface area contributed by atoms with Gasteiger partial charge in [0.15, 0.2) is 0 Å². The number of rotatable bonds is 3. The summed E-state index contributed by atoms with van der Waals surface area (Å²) in [6, 6.07) is 0.788. The van der Waals surface area contributed by atoms with Gasteiger partial charge in [0, 0.05) is 54.5 Å². The third-order valence-electron chi connectivity index (χ3n) is 3.75. The van der Waals surface area contributed by atoms with Crippen molar-refractivity contribution in [3.63, 3.8) is 0 Å². The van der Waals surface area contributed by atoms with Gasteiger partial charge in [-0.25, -0.2) is 0 Å². The van der Waals surface area contributed by atoms with E-state index in [2.05, 4.69) is 16.7 Å². The monoisotopic (exact) mass is 230 g/mol. The van der Waals surface area contributed by atoms with E-state index in [9.17, 15) is 4.21 Å². The molecule has 3 atom stereocenters. The van der Waals surface area contributed by atoms with Crippen LogP contribution in [0.3, 0.4) is 0 Å². The minimum atomic E-state index is -0.674. The Kier molecular flexibility index (Phi) is 3.80. The normalized spacial score (nSPS) is 32.5. The zero-order chi connectivity index (χ0) is 10.8. The highest BCUT2D eigenvalue weighted by Gasteiger charge is 2.30. The minimum Gasteiger partial charge on any atom is -0.299 e. The molecule has 0 aromatic heterocycles. The third-order valence-corrected chi connectivity index (χ3v) is 5.04. The minimum absolute atomic E-state index is 0.318. The Labute approximate surface area is 95.3 Å². The predicted molar refractivity (Wildman–Crippen MR) is 64.6 cm³/mol. The first-order chi connectivity index (χ1) is 7.16. The summed E-state index contributed by atoms with van der Waals surface area (Å²) in [5.74, 6) is 0. The fourth-order valence-electron chi connectivity index (χ4n) is 2.69. The Morgan fingerprint density at radius 1 is 1.40 bits per heavy atom. The summed E-state index contributed by atoms with van der Waals surface area (Å²) in [4.78, 5) is 5.11. The van der Waals surface area contributed by atoms with Gasteiger partial charge >= 0.3 is 0 Å².